The first kappa shape index (κ1) is 17.2. The van der Waals surface area contributed by atoms with Crippen LogP contribution in [-0.4, -0.2) is 26.5 Å². The number of nitrogens with one attached hydrogen (secondary N) is 1. The smallest absolute Gasteiger partial charge is 0.265 e. The van der Waals surface area contributed by atoms with Gasteiger partial charge in [-0.05, 0) is 36.8 Å². The molecule has 25 heavy (non-hydrogen) atoms. The van der Waals surface area contributed by atoms with Crippen LogP contribution < -0.4 is 19.9 Å². The van der Waals surface area contributed by atoms with Crippen LogP contribution in [-0.2, 0) is 21.4 Å². The van der Waals surface area contributed by atoms with Gasteiger partial charge in [0.25, 0.3) is 5.91 Å². The number of hydrogen-bond donors (Lipinski definition) is 2. The number of carbonyl (C=O) groups is 1. The fourth-order valence-electron chi connectivity index (χ4n) is 2.53. The summed E-state index contributed by atoms with van der Waals surface area (Å²) in [5.74, 6) is 0.764. The third-order valence-corrected chi connectivity index (χ3v) is 4.71. The zero-order chi connectivity index (χ0) is 18.0. The Hall–Kier alpha value is -2.58. The second-order valence-corrected chi connectivity index (χ2v) is 7.28. The molecule has 2 atom stereocenters. The summed E-state index contributed by atoms with van der Waals surface area (Å²) >= 11 is 0. The van der Waals surface area contributed by atoms with Crippen molar-refractivity contribution in [1.82, 2.24) is 5.32 Å². The zero-order valence-electron chi connectivity index (χ0n) is 13.5. The maximum atomic E-state index is 12.4. The van der Waals surface area contributed by atoms with Crippen LogP contribution in [0.4, 0.5) is 0 Å². The third-order valence-electron chi connectivity index (χ3n) is 3.79. The Labute approximate surface area is 145 Å². The molecule has 8 heteroatoms. The summed E-state index contributed by atoms with van der Waals surface area (Å²) in [6.45, 7) is 1.90. The summed E-state index contributed by atoms with van der Waals surface area (Å²) in [6, 6.07) is 13.2. The van der Waals surface area contributed by atoms with Gasteiger partial charge in [0.2, 0.25) is 16.1 Å². The monoisotopic (exact) mass is 362 g/mol. The van der Waals surface area contributed by atoms with Crippen molar-refractivity contribution in [3.05, 3.63) is 54.1 Å². The molecule has 0 saturated carbocycles. The van der Waals surface area contributed by atoms with Crippen molar-refractivity contribution < 1.29 is 22.7 Å². The highest BCUT2D eigenvalue weighted by molar-refractivity contribution is 7.89. The highest BCUT2D eigenvalue weighted by atomic mass is 32.2. The van der Waals surface area contributed by atoms with E-state index in [-0.39, 0.29) is 17.3 Å². The van der Waals surface area contributed by atoms with Gasteiger partial charge in [0, 0.05) is 6.54 Å². The van der Waals surface area contributed by atoms with Crippen LogP contribution in [0.3, 0.4) is 0 Å². The van der Waals surface area contributed by atoms with E-state index in [0.717, 1.165) is 0 Å². The molecule has 0 aliphatic carbocycles. The molecule has 0 spiro atoms. The predicted octanol–water partition coefficient (Wildman–Crippen LogP) is 1.18. The molecule has 0 saturated heterocycles. The first-order valence-corrected chi connectivity index (χ1v) is 9.21. The molecule has 2 aromatic carbocycles. The topological polar surface area (TPSA) is 108 Å². The number of sulfonamides is 1. The van der Waals surface area contributed by atoms with Crippen molar-refractivity contribution in [3.63, 3.8) is 0 Å². The van der Waals surface area contributed by atoms with E-state index in [1.165, 1.54) is 12.1 Å². The first-order chi connectivity index (χ1) is 11.8. The lowest BCUT2D eigenvalue weighted by molar-refractivity contribution is -0.133. The molecule has 0 aromatic heterocycles. The van der Waals surface area contributed by atoms with Crippen molar-refractivity contribution >= 4 is 15.9 Å². The highest BCUT2D eigenvalue weighted by Crippen LogP contribution is 2.33. The molecule has 0 radical (unpaired) electrons. The third kappa shape index (κ3) is 3.92. The van der Waals surface area contributed by atoms with Crippen LogP contribution in [0.1, 0.15) is 12.5 Å². The normalized spacial score (nSPS) is 19.3. The van der Waals surface area contributed by atoms with E-state index in [1.54, 1.807) is 37.3 Å². The Morgan fingerprint density at radius 2 is 1.80 bits per heavy atom. The highest BCUT2D eigenvalue weighted by Gasteiger charge is 2.33. The van der Waals surface area contributed by atoms with E-state index in [1.807, 2.05) is 6.07 Å². The lowest BCUT2D eigenvalue weighted by Gasteiger charge is -2.31. The Morgan fingerprint density at radius 3 is 2.48 bits per heavy atom. The van der Waals surface area contributed by atoms with Gasteiger partial charge < -0.3 is 14.8 Å². The van der Waals surface area contributed by atoms with Crippen LogP contribution in [0.2, 0.25) is 0 Å². The maximum Gasteiger partial charge on any atom is 0.265 e. The summed E-state index contributed by atoms with van der Waals surface area (Å²) in [7, 11) is -3.78. The van der Waals surface area contributed by atoms with Gasteiger partial charge in [-0.15, -0.1) is 0 Å². The molecular weight excluding hydrogens is 344 g/mol. The molecule has 2 unspecified atom stereocenters. The Kier molecular flexibility index (Phi) is 4.65. The summed E-state index contributed by atoms with van der Waals surface area (Å²) in [6.07, 6.45) is -1.25. The number of para-hydroxylation sites is 2. The lowest BCUT2D eigenvalue weighted by atomic mass is 10.1. The number of primary sulfonamides is 1. The predicted molar refractivity (Wildman–Crippen MR) is 90.6 cm³/mol. The molecule has 0 fully saturated rings. The summed E-state index contributed by atoms with van der Waals surface area (Å²) in [5.41, 5.74) is 0.615. The van der Waals surface area contributed by atoms with Crippen LogP contribution in [0, 0.1) is 0 Å². The Bertz CT molecular complexity index is 897. The van der Waals surface area contributed by atoms with Crippen LogP contribution >= 0.6 is 0 Å². The van der Waals surface area contributed by atoms with E-state index < -0.39 is 22.2 Å². The van der Waals surface area contributed by atoms with Gasteiger partial charge in [0.1, 0.15) is 6.10 Å². The number of nitrogens with two attached hydrogens (primary N) is 1. The van der Waals surface area contributed by atoms with Gasteiger partial charge in [0.15, 0.2) is 11.5 Å². The van der Waals surface area contributed by atoms with Crippen molar-refractivity contribution in [2.45, 2.75) is 30.6 Å². The molecular formula is C17H18N2O5S. The lowest BCUT2D eigenvalue weighted by Crippen LogP contribution is -2.48. The van der Waals surface area contributed by atoms with Crippen LogP contribution in [0.25, 0.3) is 0 Å². The second kappa shape index (κ2) is 6.73. The summed E-state index contributed by atoms with van der Waals surface area (Å²) in [5, 5.41) is 7.84. The largest absolute Gasteiger partial charge is 0.482 e. The van der Waals surface area contributed by atoms with E-state index in [2.05, 4.69) is 5.32 Å². The number of rotatable bonds is 4. The Morgan fingerprint density at radius 1 is 1.12 bits per heavy atom. The van der Waals surface area contributed by atoms with Crippen molar-refractivity contribution in [1.29, 1.82) is 0 Å². The average Bonchev–Trinajstić information content (AvgIpc) is 2.58. The fourth-order valence-corrected chi connectivity index (χ4v) is 3.11. The van der Waals surface area contributed by atoms with Gasteiger partial charge in [-0.25, -0.2) is 13.6 Å². The van der Waals surface area contributed by atoms with E-state index in [0.29, 0.717) is 17.1 Å². The zero-order valence-corrected chi connectivity index (χ0v) is 14.3. The maximum absolute atomic E-state index is 12.4. The summed E-state index contributed by atoms with van der Waals surface area (Å²) in [4.78, 5) is 12.4. The van der Waals surface area contributed by atoms with Gasteiger partial charge >= 0.3 is 0 Å². The quantitative estimate of drug-likeness (QED) is 0.849. The van der Waals surface area contributed by atoms with Gasteiger partial charge in [-0.1, -0.05) is 24.3 Å². The molecule has 2 aromatic rings. The van der Waals surface area contributed by atoms with E-state index >= 15 is 0 Å². The van der Waals surface area contributed by atoms with Crippen molar-refractivity contribution in [2.75, 3.05) is 0 Å². The SMILES string of the molecule is CC1Oc2ccccc2OC1C(=O)NCc1cccc(S(N)(=O)=O)c1. The molecule has 1 aliphatic rings. The number of ether oxygens (including phenoxy) is 2. The molecule has 1 amide bonds. The van der Waals surface area contributed by atoms with Crippen LogP contribution in [0.15, 0.2) is 53.4 Å². The van der Waals surface area contributed by atoms with Gasteiger partial charge in [-0.2, -0.15) is 0 Å². The van der Waals surface area contributed by atoms with Gasteiger partial charge in [-0.3, -0.25) is 4.79 Å². The number of hydrogen-bond acceptors (Lipinski definition) is 5. The molecule has 1 heterocycles. The fraction of sp³-hybridized carbons (Fsp3) is 0.235. The standard InChI is InChI=1S/C17H18N2O5S/c1-11-16(24-15-8-3-2-7-14(15)23-11)17(20)19-10-12-5-4-6-13(9-12)25(18,21)22/h2-9,11,16H,10H2,1H3,(H,19,20)(H2,18,21,22). The van der Waals surface area contributed by atoms with Gasteiger partial charge in [0.05, 0.1) is 4.90 Å². The van der Waals surface area contributed by atoms with Crippen LogP contribution in [0.5, 0.6) is 11.5 Å². The molecule has 132 valence electrons. The molecule has 0 bridgehead atoms. The number of carbonyl (C=O) groups excluding carboxylic acids is 1. The minimum absolute atomic E-state index is 0.00112. The van der Waals surface area contributed by atoms with E-state index in [9.17, 15) is 13.2 Å². The first-order valence-electron chi connectivity index (χ1n) is 7.66. The minimum atomic E-state index is -3.78. The Balaban J connectivity index is 1.67. The van der Waals surface area contributed by atoms with Crippen molar-refractivity contribution in [2.24, 2.45) is 5.14 Å². The number of amides is 1. The molecule has 7 nitrogen and oxygen atoms in total. The molecule has 1 aliphatic heterocycles. The number of benzene rings is 2. The molecule has 3 rings (SSSR count). The van der Waals surface area contributed by atoms with Crippen molar-refractivity contribution in [3.8, 4) is 11.5 Å². The minimum Gasteiger partial charge on any atom is -0.482 e. The average molecular weight is 362 g/mol. The second-order valence-electron chi connectivity index (χ2n) is 5.72. The molecule has 3 N–H and O–H groups in total. The number of fused-ring (bicyclic) bond motifs is 1. The summed E-state index contributed by atoms with van der Waals surface area (Å²) < 4.78 is 34.2. The van der Waals surface area contributed by atoms with E-state index in [4.69, 9.17) is 14.6 Å².